The summed E-state index contributed by atoms with van der Waals surface area (Å²) in [6, 6.07) is 0. The Morgan fingerprint density at radius 2 is 1.35 bits per heavy atom. The predicted molar refractivity (Wildman–Crippen MR) is 85.8 cm³/mol. The van der Waals surface area contributed by atoms with E-state index in [2.05, 4.69) is 0 Å². The molecule has 0 radical (unpaired) electrons. The van der Waals surface area contributed by atoms with Gasteiger partial charge in [-0.15, -0.1) is 0 Å². The Morgan fingerprint density at radius 1 is 0.783 bits per heavy atom. The summed E-state index contributed by atoms with van der Waals surface area (Å²) in [5, 5.41) is 68.3. The highest BCUT2D eigenvalue weighted by Gasteiger charge is 2.44. The Hall–Kier alpha value is -0.280. The van der Waals surface area contributed by atoms with Gasteiger partial charge >= 0.3 is 0 Å². The molecule has 5 unspecified atom stereocenters. The maximum absolute atomic E-state index is 10.7. The molecule has 0 aromatic carbocycles. The maximum atomic E-state index is 10.7. The highest BCUT2D eigenvalue weighted by Crippen LogP contribution is 2.29. The minimum atomic E-state index is -1.90. The minimum absolute atomic E-state index is 0.0133. The van der Waals surface area contributed by atoms with Crippen molar-refractivity contribution in [2.45, 2.75) is 88.3 Å². The Kier molecular flexibility index (Phi) is 12.0. The highest BCUT2D eigenvalue weighted by molar-refractivity contribution is 4.96. The summed E-state index contributed by atoms with van der Waals surface area (Å²) in [6.45, 7) is 1.49. The summed E-state index contributed by atoms with van der Waals surface area (Å²) in [7, 11) is 0. The van der Waals surface area contributed by atoms with Crippen LogP contribution in [0.1, 0.15) is 58.3 Å². The summed E-state index contributed by atoms with van der Waals surface area (Å²) < 4.78 is 0. The topological polar surface area (TPSA) is 142 Å². The first-order valence-corrected chi connectivity index (χ1v) is 8.46. The van der Waals surface area contributed by atoms with Crippen molar-refractivity contribution in [3.63, 3.8) is 0 Å². The first kappa shape index (κ1) is 22.7. The van der Waals surface area contributed by atoms with Crippen LogP contribution < -0.4 is 0 Å². The van der Waals surface area contributed by atoms with Crippen molar-refractivity contribution in [1.29, 1.82) is 0 Å². The molecular formula is C16H34O7. The molecule has 0 bridgehead atoms. The third-order valence-corrected chi connectivity index (χ3v) is 4.20. The van der Waals surface area contributed by atoms with Gasteiger partial charge in [0.1, 0.15) is 11.7 Å². The molecule has 0 aliphatic rings. The van der Waals surface area contributed by atoms with Gasteiger partial charge in [-0.2, -0.15) is 0 Å². The average Bonchev–Trinajstić information content (AvgIpc) is 2.51. The molecular weight excluding hydrogens is 304 g/mol. The third-order valence-electron chi connectivity index (χ3n) is 4.20. The number of hydrogen-bond acceptors (Lipinski definition) is 7. The highest BCUT2D eigenvalue weighted by atomic mass is 16.4. The quantitative estimate of drug-likeness (QED) is 0.207. The molecule has 23 heavy (non-hydrogen) atoms. The first-order chi connectivity index (χ1) is 10.8. The number of aliphatic hydroxyl groups is 7. The van der Waals surface area contributed by atoms with E-state index in [-0.39, 0.29) is 38.9 Å². The maximum Gasteiger partial charge on any atom is 0.119 e. The molecule has 140 valence electrons. The largest absolute Gasteiger partial charge is 0.396 e. The van der Waals surface area contributed by atoms with Crippen LogP contribution in [0.5, 0.6) is 0 Å². The second-order valence-electron chi connectivity index (χ2n) is 6.35. The molecule has 0 aromatic rings. The van der Waals surface area contributed by atoms with E-state index in [9.17, 15) is 25.5 Å². The van der Waals surface area contributed by atoms with E-state index < -0.39 is 30.0 Å². The Bertz CT molecular complexity index is 288. The van der Waals surface area contributed by atoms with Crippen LogP contribution in [-0.4, -0.2) is 79.0 Å². The van der Waals surface area contributed by atoms with Crippen LogP contribution in [0.4, 0.5) is 0 Å². The summed E-state index contributed by atoms with van der Waals surface area (Å²) >= 11 is 0. The van der Waals surface area contributed by atoms with Gasteiger partial charge in [-0.25, -0.2) is 0 Å². The summed E-state index contributed by atoms with van der Waals surface area (Å²) in [5.74, 6) is 0. The molecule has 0 aromatic heterocycles. The molecule has 7 nitrogen and oxygen atoms in total. The molecule has 0 heterocycles. The van der Waals surface area contributed by atoms with Crippen molar-refractivity contribution in [1.82, 2.24) is 0 Å². The zero-order chi connectivity index (χ0) is 17.9. The molecule has 0 rings (SSSR count). The second-order valence-corrected chi connectivity index (χ2v) is 6.35. The van der Waals surface area contributed by atoms with Crippen molar-refractivity contribution in [2.24, 2.45) is 0 Å². The third kappa shape index (κ3) is 8.39. The van der Waals surface area contributed by atoms with Crippen LogP contribution >= 0.6 is 0 Å². The van der Waals surface area contributed by atoms with Gasteiger partial charge in [-0.05, 0) is 58.3 Å². The predicted octanol–water partition coefficient (Wildman–Crippen LogP) is -0.714. The van der Waals surface area contributed by atoms with E-state index in [1.807, 2.05) is 0 Å². The Labute approximate surface area is 138 Å². The van der Waals surface area contributed by atoms with E-state index in [0.717, 1.165) is 0 Å². The first-order valence-electron chi connectivity index (χ1n) is 8.46. The van der Waals surface area contributed by atoms with Crippen molar-refractivity contribution in [3.05, 3.63) is 0 Å². The van der Waals surface area contributed by atoms with Crippen LogP contribution in [0, 0.1) is 0 Å². The van der Waals surface area contributed by atoms with Gasteiger partial charge in [0.2, 0.25) is 0 Å². The lowest BCUT2D eigenvalue weighted by molar-refractivity contribution is -0.185. The smallest absolute Gasteiger partial charge is 0.119 e. The van der Waals surface area contributed by atoms with Crippen molar-refractivity contribution >= 4 is 0 Å². The van der Waals surface area contributed by atoms with Gasteiger partial charge in [-0.1, -0.05) is 0 Å². The van der Waals surface area contributed by atoms with E-state index >= 15 is 0 Å². The average molecular weight is 338 g/mol. The van der Waals surface area contributed by atoms with Gasteiger partial charge in [-0.3, -0.25) is 0 Å². The summed E-state index contributed by atoms with van der Waals surface area (Å²) in [6.07, 6.45) is -2.33. The van der Waals surface area contributed by atoms with Crippen LogP contribution in [-0.2, 0) is 0 Å². The molecule has 7 heteroatoms. The molecule has 0 aliphatic heterocycles. The van der Waals surface area contributed by atoms with Gasteiger partial charge in [0, 0.05) is 13.2 Å². The molecule has 0 fully saturated rings. The molecule has 7 N–H and O–H groups in total. The fourth-order valence-electron chi connectivity index (χ4n) is 2.64. The Morgan fingerprint density at radius 3 is 1.87 bits per heavy atom. The number of rotatable bonds is 14. The molecule has 0 saturated heterocycles. The van der Waals surface area contributed by atoms with Crippen LogP contribution in [0.15, 0.2) is 0 Å². The summed E-state index contributed by atoms with van der Waals surface area (Å²) in [4.78, 5) is 0. The van der Waals surface area contributed by atoms with Gasteiger partial charge in [0.25, 0.3) is 0 Å². The molecule has 5 atom stereocenters. The van der Waals surface area contributed by atoms with Crippen LogP contribution in [0.25, 0.3) is 0 Å². The van der Waals surface area contributed by atoms with E-state index in [1.165, 1.54) is 0 Å². The zero-order valence-corrected chi connectivity index (χ0v) is 14.0. The number of unbranched alkanes of at least 4 members (excludes halogenated alkanes) is 2. The van der Waals surface area contributed by atoms with E-state index in [0.29, 0.717) is 25.7 Å². The number of hydrogen-bond donors (Lipinski definition) is 7. The van der Waals surface area contributed by atoms with E-state index in [4.69, 9.17) is 10.2 Å². The van der Waals surface area contributed by atoms with Crippen molar-refractivity contribution in [2.75, 3.05) is 13.2 Å². The van der Waals surface area contributed by atoms with Crippen molar-refractivity contribution in [3.8, 4) is 0 Å². The zero-order valence-electron chi connectivity index (χ0n) is 14.0. The fraction of sp³-hybridized carbons (Fsp3) is 1.00. The second kappa shape index (κ2) is 12.1. The standard InChI is InChI=1S/C16H34O7/c1-12(19)7-8-14(21)16(23,9-3-5-11-18)15(22)13(20)6-2-4-10-17/h12-15,17-23H,2-11H2,1H3. The van der Waals surface area contributed by atoms with Gasteiger partial charge < -0.3 is 35.7 Å². The van der Waals surface area contributed by atoms with Gasteiger partial charge in [0.05, 0.1) is 18.3 Å². The monoisotopic (exact) mass is 338 g/mol. The fourth-order valence-corrected chi connectivity index (χ4v) is 2.64. The lowest BCUT2D eigenvalue weighted by atomic mass is 9.79. The summed E-state index contributed by atoms with van der Waals surface area (Å²) in [5.41, 5.74) is -1.90. The lowest BCUT2D eigenvalue weighted by Crippen LogP contribution is -2.56. The molecule has 0 saturated carbocycles. The van der Waals surface area contributed by atoms with Crippen molar-refractivity contribution < 1.29 is 35.7 Å². The van der Waals surface area contributed by atoms with Crippen LogP contribution in [0.3, 0.4) is 0 Å². The molecule has 0 aliphatic carbocycles. The molecule has 0 spiro atoms. The minimum Gasteiger partial charge on any atom is -0.396 e. The van der Waals surface area contributed by atoms with E-state index in [1.54, 1.807) is 6.92 Å². The lowest BCUT2D eigenvalue weighted by Gasteiger charge is -2.39. The Balaban J connectivity index is 4.85. The van der Waals surface area contributed by atoms with Gasteiger partial charge in [0.15, 0.2) is 0 Å². The SMILES string of the molecule is CC(O)CCC(O)C(O)(CCCCO)C(O)C(O)CCCCO. The normalized spacial score (nSPS) is 19.8. The number of aliphatic hydroxyl groups excluding tert-OH is 6. The van der Waals surface area contributed by atoms with Crippen LogP contribution in [0.2, 0.25) is 0 Å². The molecule has 0 amide bonds.